The average Bonchev–Trinajstić information content (AvgIpc) is 3.05. The van der Waals surface area contributed by atoms with E-state index in [4.69, 9.17) is 5.10 Å². The third kappa shape index (κ3) is 2.90. The van der Waals surface area contributed by atoms with Crippen molar-refractivity contribution in [3.05, 3.63) is 17.0 Å². The van der Waals surface area contributed by atoms with Crippen molar-refractivity contribution >= 4 is 5.78 Å². The maximum atomic E-state index is 12.2. The van der Waals surface area contributed by atoms with Crippen molar-refractivity contribution in [2.45, 2.75) is 72.3 Å². The lowest BCUT2D eigenvalue weighted by Crippen LogP contribution is -2.13. The Kier molecular flexibility index (Phi) is 4.78. The molecule has 19 heavy (non-hydrogen) atoms. The van der Waals surface area contributed by atoms with Gasteiger partial charge in [-0.15, -0.1) is 0 Å². The zero-order chi connectivity index (χ0) is 13.8. The lowest BCUT2D eigenvalue weighted by Gasteiger charge is -2.12. The minimum absolute atomic E-state index is 0.256. The largest absolute Gasteiger partial charge is 0.294 e. The van der Waals surface area contributed by atoms with E-state index >= 15 is 0 Å². The summed E-state index contributed by atoms with van der Waals surface area (Å²) in [6.45, 7) is 7.17. The predicted molar refractivity (Wildman–Crippen MR) is 77.6 cm³/mol. The lowest BCUT2D eigenvalue weighted by molar-refractivity contribution is 0.0986. The summed E-state index contributed by atoms with van der Waals surface area (Å²) in [7, 11) is 0. The van der Waals surface area contributed by atoms with E-state index in [0.717, 1.165) is 42.3 Å². The molecule has 106 valence electrons. The molecule has 0 spiro atoms. The molecule has 0 saturated heterocycles. The van der Waals surface area contributed by atoms with E-state index in [2.05, 4.69) is 18.5 Å². The van der Waals surface area contributed by atoms with Crippen molar-refractivity contribution in [1.82, 2.24) is 9.78 Å². The predicted octanol–water partition coefficient (Wildman–Crippen LogP) is 3.79. The second-order valence-corrected chi connectivity index (χ2v) is 5.58. The van der Waals surface area contributed by atoms with Gasteiger partial charge in [-0.25, -0.2) is 0 Å². The number of ketones is 1. The van der Waals surface area contributed by atoms with Crippen LogP contribution in [0, 0.1) is 5.92 Å². The van der Waals surface area contributed by atoms with E-state index in [1.165, 1.54) is 25.7 Å². The van der Waals surface area contributed by atoms with Gasteiger partial charge in [0.15, 0.2) is 5.78 Å². The molecule has 0 bridgehead atoms. The molecule has 1 fully saturated rings. The average molecular weight is 262 g/mol. The fraction of sp³-hybridized carbons (Fsp3) is 0.750. The van der Waals surface area contributed by atoms with Crippen molar-refractivity contribution in [1.29, 1.82) is 0 Å². The van der Waals surface area contributed by atoms with Crippen LogP contribution in [0.5, 0.6) is 0 Å². The van der Waals surface area contributed by atoms with Crippen molar-refractivity contribution in [2.75, 3.05) is 0 Å². The molecule has 3 nitrogen and oxygen atoms in total. The molecule has 0 unspecified atom stereocenters. The van der Waals surface area contributed by atoms with Gasteiger partial charge >= 0.3 is 0 Å². The highest BCUT2D eigenvalue weighted by atomic mass is 16.1. The van der Waals surface area contributed by atoms with Crippen LogP contribution in [0.3, 0.4) is 0 Å². The first-order valence-electron chi connectivity index (χ1n) is 7.82. The Morgan fingerprint density at radius 2 is 1.89 bits per heavy atom. The molecule has 0 amide bonds. The number of hydrogen-bond donors (Lipinski definition) is 0. The number of rotatable bonds is 6. The molecule has 0 aliphatic heterocycles. The molecule has 3 heteroatoms. The number of aromatic nitrogens is 2. The molecule has 1 heterocycles. The van der Waals surface area contributed by atoms with Crippen molar-refractivity contribution in [3.63, 3.8) is 0 Å². The zero-order valence-corrected chi connectivity index (χ0v) is 12.5. The smallest absolute Gasteiger partial charge is 0.166 e. The maximum absolute atomic E-state index is 12.2. The fourth-order valence-corrected chi connectivity index (χ4v) is 3.25. The molecule has 0 aromatic carbocycles. The molecule has 1 aliphatic carbocycles. The van der Waals surface area contributed by atoms with Gasteiger partial charge in [0.25, 0.3) is 0 Å². The van der Waals surface area contributed by atoms with Gasteiger partial charge in [0, 0.05) is 18.7 Å². The number of nitrogens with zero attached hydrogens (tertiary/aromatic N) is 2. The second-order valence-electron chi connectivity index (χ2n) is 5.58. The van der Waals surface area contributed by atoms with Gasteiger partial charge < -0.3 is 0 Å². The normalized spacial score (nSPS) is 16.2. The third-order valence-corrected chi connectivity index (χ3v) is 4.31. The van der Waals surface area contributed by atoms with Crippen LogP contribution in [-0.4, -0.2) is 15.6 Å². The van der Waals surface area contributed by atoms with Gasteiger partial charge in [-0.1, -0.05) is 33.6 Å². The highest BCUT2D eigenvalue weighted by Crippen LogP contribution is 2.28. The molecule has 1 aliphatic rings. The van der Waals surface area contributed by atoms with Crippen molar-refractivity contribution < 1.29 is 4.79 Å². The van der Waals surface area contributed by atoms with Gasteiger partial charge in [-0.3, -0.25) is 9.48 Å². The van der Waals surface area contributed by atoms with Gasteiger partial charge in [-0.05, 0) is 31.6 Å². The summed E-state index contributed by atoms with van der Waals surface area (Å²) in [6, 6.07) is 0. The Morgan fingerprint density at radius 1 is 1.21 bits per heavy atom. The lowest BCUT2D eigenvalue weighted by atomic mass is 10.0. The van der Waals surface area contributed by atoms with Gasteiger partial charge in [0.05, 0.1) is 11.3 Å². The van der Waals surface area contributed by atoms with Gasteiger partial charge in [0.1, 0.15) is 0 Å². The Labute approximate surface area is 116 Å². The van der Waals surface area contributed by atoms with E-state index in [1.807, 2.05) is 6.92 Å². The summed E-state index contributed by atoms with van der Waals surface area (Å²) in [5.41, 5.74) is 3.09. The van der Waals surface area contributed by atoms with Crippen LogP contribution in [0.1, 0.15) is 74.6 Å². The van der Waals surface area contributed by atoms with E-state index in [-0.39, 0.29) is 5.78 Å². The van der Waals surface area contributed by atoms with Crippen LogP contribution < -0.4 is 0 Å². The summed E-state index contributed by atoms with van der Waals surface area (Å²) in [5, 5.41) is 4.73. The number of hydrogen-bond acceptors (Lipinski definition) is 2. The minimum atomic E-state index is 0.256. The number of carbonyl (C=O) groups excluding carboxylic acids is 1. The minimum Gasteiger partial charge on any atom is -0.294 e. The zero-order valence-electron chi connectivity index (χ0n) is 12.5. The molecular weight excluding hydrogens is 236 g/mol. The third-order valence-electron chi connectivity index (χ3n) is 4.31. The number of Topliss-reactive ketones (excluding diaryl/α,β-unsaturated/α-hetero) is 1. The Bertz CT molecular complexity index is 442. The van der Waals surface area contributed by atoms with E-state index in [0.29, 0.717) is 6.42 Å². The van der Waals surface area contributed by atoms with Crippen LogP contribution in [0.15, 0.2) is 0 Å². The molecule has 1 aromatic rings. The molecule has 2 rings (SSSR count). The molecule has 1 saturated carbocycles. The quantitative estimate of drug-likeness (QED) is 0.731. The van der Waals surface area contributed by atoms with Crippen molar-refractivity contribution in [2.24, 2.45) is 5.92 Å². The standard InChI is InChI=1S/C16H26N2O/c1-4-13-16(15(19)6-3)14(5-2)18(17-13)11-12-9-7-8-10-12/h12H,4-11H2,1-3H3. The van der Waals surface area contributed by atoms with E-state index in [1.54, 1.807) is 0 Å². The highest BCUT2D eigenvalue weighted by Gasteiger charge is 2.23. The topological polar surface area (TPSA) is 34.9 Å². The van der Waals surface area contributed by atoms with Crippen LogP contribution >= 0.6 is 0 Å². The number of carbonyl (C=O) groups is 1. The van der Waals surface area contributed by atoms with Crippen molar-refractivity contribution in [3.8, 4) is 0 Å². The Balaban J connectivity index is 2.31. The first-order chi connectivity index (χ1) is 9.21. The van der Waals surface area contributed by atoms with Crippen LogP contribution in [0.4, 0.5) is 0 Å². The molecule has 0 radical (unpaired) electrons. The van der Waals surface area contributed by atoms with E-state index in [9.17, 15) is 4.79 Å². The summed E-state index contributed by atoms with van der Waals surface area (Å²) >= 11 is 0. The Hall–Kier alpha value is -1.12. The Morgan fingerprint density at radius 3 is 2.42 bits per heavy atom. The summed E-state index contributed by atoms with van der Waals surface area (Å²) in [6.07, 6.45) is 7.69. The van der Waals surface area contributed by atoms with Crippen LogP contribution in [0.25, 0.3) is 0 Å². The fourth-order valence-electron chi connectivity index (χ4n) is 3.25. The summed E-state index contributed by atoms with van der Waals surface area (Å²) in [5.74, 6) is 1.02. The first kappa shape index (κ1) is 14.3. The molecular formula is C16H26N2O. The highest BCUT2D eigenvalue weighted by molar-refractivity contribution is 5.98. The second kappa shape index (κ2) is 6.36. The molecule has 1 aromatic heterocycles. The SMILES string of the molecule is CCC(=O)c1c(CC)nn(CC2CCCC2)c1CC. The van der Waals surface area contributed by atoms with Crippen LogP contribution in [0.2, 0.25) is 0 Å². The first-order valence-corrected chi connectivity index (χ1v) is 7.82. The molecule has 0 atom stereocenters. The number of aryl methyl sites for hydroxylation is 1. The monoisotopic (exact) mass is 262 g/mol. The molecule has 0 N–H and O–H groups in total. The van der Waals surface area contributed by atoms with E-state index < -0.39 is 0 Å². The summed E-state index contributed by atoms with van der Waals surface area (Å²) < 4.78 is 2.14. The maximum Gasteiger partial charge on any atom is 0.166 e. The van der Waals surface area contributed by atoms with Crippen LogP contribution in [-0.2, 0) is 19.4 Å². The van der Waals surface area contributed by atoms with Gasteiger partial charge in [0.2, 0.25) is 0 Å². The van der Waals surface area contributed by atoms with Gasteiger partial charge in [-0.2, -0.15) is 5.10 Å². The summed E-state index contributed by atoms with van der Waals surface area (Å²) in [4.78, 5) is 12.2.